The quantitative estimate of drug-likeness (QED) is 0.745. The molecule has 138 valence electrons. The molecule has 7 nitrogen and oxygen atoms in total. The van der Waals surface area contributed by atoms with E-state index in [0.717, 1.165) is 18.7 Å². The molecular formula is C19H25N5O2. The number of rotatable bonds is 7. The lowest BCUT2D eigenvalue weighted by molar-refractivity contribution is -0.135. The number of ether oxygens (including phenoxy) is 1. The molecule has 2 aromatic heterocycles. The summed E-state index contributed by atoms with van der Waals surface area (Å²) in [6.45, 7) is 2.54. The van der Waals surface area contributed by atoms with Gasteiger partial charge in [0.15, 0.2) is 0 Å². The van der Waals surface area contributed by atoms with E-state index < -0.39 is 0 Å². The van der Waals surface area contributed by atoms with Crippen molar-refractivity contribution >= 4 is 11.9 Å². The number of methoxy groups -OCH3 is 1. The third-order valence-corrected chi connectivity index (χ3v) is 4.78. The second-order valence-corrected chi connectivity index (χ2v) is 6.61. The Hall–Kier alpha value is -2.54. The number of likely N-dealkylation sites (N-methyl/N-ethyl adjacent to an activating group) is 1. The third-order valence-electron chi connectivity index (χ3n) is 4.78. The summed E-state index contributed by atoms with van der Waals surface area (Å²) in [5.74, 6) is 0.822. The monoisotopic (exact) mass is 355 g/mol. The van der Waals surface area contributed by atoms with Gasteiger partial charge in [0.1, 0.15) is 0 Å². The summed E-state index contributed by atoms with van der Waals surface area (Å²) < 4.78 is 5.35. The molecule has 2 unspecified atom stereocenters. The molecule has 1 fully saturated rings. The van der Waals surface area contributed by atoms with Crippen molar-refractivity contribution < 1.29 is 9.53 Å². The van der Waals surface area contributed by atoms with E-state index in [9.17, 15) is 4.79 Å². The molecule has 0 aromatic carbocycles. The van der Waals surface area contributed by atoms with E-state index in [0.29, 0.717) is 25.6 Å². The minimum atomic E-state index is -0.118. The van der Waals surface area contributed by atoms with Gasteiger partial charge in [-0.15, -0.1) is 0 Å². The summed E-state index contributed by atoms with van der Waals surface area (Å²) in [5, 5.41) is 0. The first kappa shape index (κ1) is 18.3. The minimum Gasteiger partial charge on any atom is -0.384 e. The topological polar surface area (TPSA) is 71.5 Å². The highest BCUT2D eigenvalue weighted by molar-refractivity contribution is 5.80. The van der Waals surface area contributed by atoms with Crippen LogP contribution < -0.4 is 4.90 Å². The molecular weight excluding hydrogens is 330 g/mol. The number of nitrogens with zero attached hydrogens (tertiary/aromatic N) is 5. The van der Waals surface area contributed by atoms with Crippen LogP contribution in [0.4, 0.5) is 5.95 Å². The molecule has 7 heteroatoms. The predicted octanol–water partition coefficient (Wildman–Crippen LogP) is 1.27. The molecule has 26 heavy (non-hydrogen) atoms. The zero-order valence-electron chi connectivity index (χ0n) is 15.3. The number of hydrogen-bond acceptors (Lipinski definition) is 6. The molecule has 2 atom stereocenters. The van der Waals surface area contributed by atoms with Crippen molar-refractivity contribution in [2.24, 2.45) is 11.8 Å². The Morgan fingerprint density at radius 2 is 1.96 bits per heavy atom. The molecule has 0 radical (unpaired) electrons. The van der Waals surface area contributed by atoms with Crippen molar-refractivity contribution in [3.63, 3.8) is 0 Å². The van der Waals surface area contributed by atoms with Crippen LogP contribution in [0.15, 0.2) is 42.9 Å². The van der Waals surface area contributed by atoms with Crippen molar-refractivity contribution in [2.45, 2.75) is 6.42 Å². The van der Waals surface area contributed by atoms with Crippen LogP contribution in [0.5, 0.6) is 0 Å². The minimum absolute atomic E-state index is 0.118. The Morgan fingerprint density at radius 3 is 2.65 bits per heavy atom. The van der Waals surface area contributed by atoms with Crippen LogP contribution in [0.25, 0.3) is 0 Å². The zero-order chi connectivity index (χ0) is 18.4. The lowest BCUT2D eigenvalue weighted by Crippen LogP contribution is -2.39. The van der Waals surface area contributed by atoms with Gasteiger partial charge in [-0.1, -0.05) is 6.07 Å². The van der Waals surface area contributed by atoms with Gasteiger partial charge in [-0.25, -0.2) is 9.97 Å². The van der Waals surface area contributed by atoms with Crippen LogP contribution in [0.2, 0.25) is 0 Å². The van der Waals surface area contributed by atoms with E-state index in [1.807, 2.05) is 25.2 Å². The SMILES string of the molecule is COCC1CN(c2ncccn2)CC1C(=O)N(C)CCc1ccccn1. The number of aromatic nitrogens is 3. The second kappa shape index (κ2) is 8.71. The van der Waals surface area contributed by atoms with Gasteiger partial charge in [0, 0.05) is 70.4 Å². The lowest BCUT2D eigenvalue weighted by Gasteiger charge is -2.24. The Labute approximate surface area is 154 Å². The fourth-order valence-electron chi connectivity index (χ4n) is 3.37. The summed E-state index contributed by atoms with van der Waals surface area (Å²) in [4.78, 5) is 29.8. The first-order valence-electron chi connectivity index (χ1n) is 8.85. The fraction of sp³-hybridized carbons (Fsp3) is 0.474. The highest BCUT2D eigenvalue weighted by atomic mass is 16.5. The van der Waals surface area contributed by atoms with E-state index in [-0.39, 0.29) is 17.7 Å². The smallest absolute Gasteiger partial charge is 0.227 e. The van der Waals surface area contributed by atoms with Crippen molar-refractivity contribution in [3.8, 4) is 0 Å². The summed E-state index contributed by atoms with van der Waals surface area (Å²) >= 11 is 0. The van der Waals surface area contributed by atoms with Crippen LogP contribution in [0.3, 0.4) is 0 Å². The standard InChI is InChI=1S/C19H25N5O2/c1-23(11-7-16-6-3-4-8-20-16)18(25)17-13-24(12-15(17)14-26-2)19-21-9-5-10-22-19/h3-6,8-10,15,17H,7,11-14H2,1-2H3. The third kappa shape index (κ3) is 4.35. The van der Waals surface area contributed by atoms with E-state index in [1.165, 1.54) is 0 Å². The molecule has 3 rings (SSSR count). The maximum atomic E-state index is 13.0. The first-order chi connectivity index (χ1) is 12.7. The number of carbonyl (C=O) groups is 1. The Morgan fingerprint density at radius 1 is 1.19 bits per heavy atom. The Bertz CT molecular complexity index is 698. The highest BCUT2D eigenvalue weighted by Gasteiger charge is 2.39. The van der Waals surface area contributed by atoms with Gasteiger partial charge in [-0.2, -0.15) is 0 Å². The maximum Gasteiger partial charge on any atom is 0.227 e. The molecule has 0 N–H and O–H groups in total. The number of pyridine rings is 1. The Balaban J connectivity index is 1.63. The van der Waals surface area contributed by atoms with Gasteiger partial charge in [-0.05, 0) is 18.2 Å². The van der Waals surface area contributed by atoms with E-state index in [4.69, 9.17) is 4.74 Å². The molecule has 0 bridgehead atoms. The molecule has 1 saturated heterocycles. The van der Waals surface area contributed by atoms with Gasteiger partial charge in [-0.3, -0.25) is 9.78 Å². The largest absolute Gasteiger partial charge is 0.384 e. The molecule has 1 aliphatic heterocycles. The normalized spacial score (nSPS) is 19.5. The molecule has 2 aromatic rings. The average Bonchev–Trinajstić information content (AvgIpc) is 3.11. The van der Waals surface area contributed by atoms with Crippen LogP contribution >= 0.6 is 0 Å². The predicted molar refractivity (Wildman–Crippen MR) is 98.7 cm³/mol. The first-order valence-corrected chi connectivity index (χ1v) is 8.85. The molecule has 3 heterocycles. The highest BCUT2D eigenvalue weighted by Crippen LogP contribution is 2.28. The van der Waals surface area contributed by atoms with E-state index in [1.54, 1.807) is 36.7 Å². The van der Waals surface area contributed by atoms with E-state index >= 15 is 0 Å². The van der Waals surface area contributed by atoms with Gasteiger partial charge >= 0.3 is 0 Å². The van der Waals surface area contributed by atoms with Crippen LogP contribution in [-0.4, -0.2) is 66.2 Å². The van der Waals surface area contributed by atoms with Crippen LogP contribution in [-0.2, 0) is 16.0 Å². The molecule has 1 amide bonds. The van der Waals surface area contributed by atoms with Crippen LogP contribution in [0, 0.1) is 11.8 Å². The zero-order valence-corrected chi connectivity index (χ0v) is 15.3. The van der Waals surface area contributed by atoms with Gasteiger partial charge in [0.25, 0.3) is 0 Å². The molecule has 1 aliphatic rings. The summed E-state index contributed by atoms with van der Waals surface area (Å²) in [5.41, 5.74) is 0.992. The molecule has 0 saturated carbocycles. The van der Waals surface area contributed by atoms with Crippen molar-refractivity contribution in [1.29, 1.82) is 0 Å². The van der Waals surface area contributed by atoms with Crippen molar-refractivity contribution in [2.75, 3.05) is 45.3 Å². The van der Waals surface area contributed by atoms with E-state index in [2.05, 4.69) is 19.9 Å². The summed E-state index contributed by atoms with van der Waals surface area (Å²) in [6.07, 6.45) is 5.97. The molecule has 0 aliphatic carbocycles. The van der Waals surface area contributed by atoms with Crippen LogP contribution in [0.1, 0.15) is 5.69 Å². The number of hydrogen-bond donors (Lipinski definition) is 0. The number of anilines is 1. The lowest BCUT2D eigenvalue weighted by atomic mass is 9.95. The summed E-state index contributed by atoms with van der Waals surface area (Å²) in [6, 6.07) is 7.64. The number of amides is 1. The van der Waals surface area contributed by atoms with Gasteiger partial charge in [0.05, 0.1) is 12.5 Å². The Kier molecular flexibility index (Phi) is 6.12. The van der Waals surface area contributed by atoms with Gasteiger partial charge < -0.3 is 14.5 Å². The summed E-state index contributed by atoms with van der Waals surface area (Å²) in [7, 11) is 3.53. The second-order valence-electron chi connectivity index (χ2n) is 6.61. The fourth-order valence-corrected chi connectivity index (χ4v) is 3.37. The molecule has 0 spiro atoms. The van der Waals surface area contributed by atoms with Crippen molar-refractivity contribution in [3.05, 3.63) is 48.5 Å². The maximum absolute atomic E-state index is 13.0. The average molecular weight is 355 g/mol. The van der Waals surface area contributed by atoms with Crippen molar-refractivity contribution in [1.82, 2.24) is 19.9 Å². The number of carbonyl (C=O) groups excluding carboxylic acids is 1. The van der Waals surface area contributed by atoms with Gasteiger partial charge in [0.2, 0.25) is 11.9 Å².